The van der Waals surface area contributed by atoms with Crippen LogP contribution in [0.4, 0.5) is 18.9 Å². The average molecular weight is 410 g/mol. The maximum absolute atomic E-state index is 13.7. The number of carbonyl (C=O) groups excluding carboxylic acids is 1. The van der Waals surface area contributed by atoms with E-state index in [9.17, 15) is 18.0 Å². The minimum Gasteiger partial charge on any atom is -0.496 e. The number of ether oxygens (including phenoxy) is 1. The van der Waals surface area contributed by atoms with Crippen molar-refractivity contribution in [2.24, 2.45) is 7.05 Å². The number of aryl methyl sites for hydroxylation is 1. The number of amides is 1. The number of hydrogen-bond acceptors (Lipinski definition) is 4. The number of rotatable bonds is 6. The molecule has 5 nitrogen and oxygen atoms in total. The number of aromatic nitrogens is 2. The monoisotopic (exact) mass is 409 g/mol. The van der Waals surface area contributed by atoms with Crippen LogP contribution >= 0.6 is 22.9 Å². The van der Waals surface area contributed by atoms with Crippen LogP contribution in [0.5, 0.6) is 5.75 Å². The van der Waals surface area contributed by atoms with E-state index >= 15 is 0 Å². The predicted octanol–water partition coefficient (Wildman–Crippen LogP) is 4.40. The van der Waals surface area contributed by atoms with Gasteiger partial charge in [0.1, 0.15) is 11.6 Å². The van der Waals surface area contributed by atoms with E-state index < -0.39 is 23.7 Å². The Morgan fingerprint density at radius 3 is 2.62 bits per heavy atom. The SMILES string of the molecule is COc1ccsc1CN(C(=O)CCl)c1c(C(C)C)nn(C)c1C(F)(F)F. The minimum absolute atomic E-state index is 0.0825. The number of nitrogens with zero attached hydrogens (tertiary/aromatic N) is 3. The number of hydrogen-bond donors (Lipinski definition) is 0. The normalized spacial score (nSPS) is 11.9. The Bertz CT molecular complexity index is 786. The Hall–Kier alpha value is -1.74. The maximum atomic E-state index is 13.7. The summed E-state index contributed by atoms with van der Waals surface area (Å²) in [5.41, 5.74) is -1.04. The highest BCUT2D eigenvalue weighted by Crippen LogP contribution is 2.42. The summed E-state index contributed by atoms with van der Waals surface area (Å²) in [5.74, 6) is -0.895. The van der Waals surface area contributed by atoms with Crippen molar-refractivity contribution in [1.82, 2.24) is 9.78 Å². The molecule has 144 valence electrons. The van der Waals surface area contributed by atoms with Gasteiger partial charge in [0.2, 0.25) is 5.91 Å². The van der Waals surface area contributed by atoms with Crippen LogP contribution in [-0.2, 0) is 24.6 Å². The lowest BCUT2D eigenvalue weighted by Gasteiger charge is -2.24. The molecule has 0 bridgehead atoms. The zero-order valence-corrected chi connectivity index (χ0v) is 16.3. The summed E-state index contributed by atoms with van der Waals surface area (Å²) in [6.07, 6.45) is -4.67. The predicted molar refractivity (Wildman–Crippen MR) is 95.1 cm³/mol. The number of thiophene rings is 1. The summed E-state index contributed by atoms with van der Waals surface area (Å²) < 4.78 is 47.0. The van der Waals surface area contributed by atoms with Crippen LogP contribution in [0, 0.1) is 0 Å². The molecule has 0 fully saturated rings. The molecule has 0 atom stereocenters. The molecule has 0 unspecified atom stereocenters. The first-order valence-electron chi connectivity index (χ1n) is 7.72. The van der Waals surface area contributed by atoms with E-state index in [1.807, 2.05) is 0 Å². The fourth-order valence-electron chi connectivity index (χ4n) is 2.64. The molecule has 10 heteroatoms. The second kappa shape index (κ2) is 7.87. The third kappa shape index (κ3) is 3.98. The lowest BCUT2D eigenvalue weighted by molar-refractivity contribution is -0.143. The largest absolute Gasteiger partial charge is 0.496 e. The van der Waals surface area contributed by atoms with Gasteiger partial charge in [-0.05, 0) is 17.4 Å². The van der Waals surface area contributed by atoms with E-state index in [-0.39, 0.29) is 23.8 Å². The summed E-state index contributed by atoms with van der Waals surface area (Å²) in [7, 11) is 2.68. The summed E-state index contributed by atoms with van der Waals surface area (Å²) in [6.45, 7) is 3.36. The van der Waals surface area contributed by atoms with Gasteiger partial charge in [0.05, 0.1) is 29.9 Å². The molecule has 0 radical (unpaired) electrons. The molecular formula is C16H19ClF3N3O2S. The van der Waals surface area contributed by atoms with Crippen LogP contribution in [0.25, 0.3) is 0 Å². The van der Waals surface area contributed by atoms with Gasteiger partial charge < -0.3 is 9.64 Å². The number of anilines is 1. The van der Waals surface area contributed by atoms with Crippen molar-refractivity contribution in [2.75, 3.05) is 17.9 Å². The van der Waals surface area contributed by atoms with Crippen LogP contribution in [-0.4, -0.2) is 28.7 Å². The van der Waals surface area contributed by atoms with Crippen molar-refractivity contribution in [3.8, 4) is 5.75 Å². The summed E-state index contributed by atoms with van der Waals surface area (Å²) in [4.78, 5) is 14.1. The fourth-order valence-corrected chi connectivity index (χ4v) is 3.61. The molecule has 2 rings (SSSR count). The molecule has 0 aliphatic carbocycles. The van der Waals surface area contributed by atoms with Crippen molar-refractivity contribution in [2.45, 2.75) is 32.5 Å². The van der Waals surface area contributed by atoms with Crippen LogP contribution in [0.2, 0.25) is 0 Å². The van der Waals surface area contributed by atoms with Crippen molar-refractivity contribution < 1.29 is 22.7 Å². The topological polar surface area (TPSA) is 47.4 Å². The maximum Gasteiger partial charge on any atom is 0.435 e. The average Bonchev–Trinajstić information content (AvgIpc) is 3.14. The highest BCUT2D eigenvalue weighted by atomic mass is 35.5. The Balaban J connectivity index is 2.66. The van der Waals surface area contributed by atoms with E-state index in [4.69, 9.17) is 16.3 Å². The Kier molecular flexibility index (Phi) is 6.23. The lowest BCUT2D eigenvalue weighted by Crippen LogP contribution is -2.33. The van der Waals surface area contributed by atoms with Crippen molar-refractivity contribution in [3.05, 3.63) is 27.7 Å². The van der Waals surface area contributed by atoms with E-state index in [1.165, 1.54) is 25.5 Å². The van der Waals surface area contributed by atoms with Gasteiger partial charge >= 0.3 is 6.18 Å². The molecular weight excluding hydrogens is 391 g/mol. The Labute approximate surface area is 158 Å². The van der Waals surface area contributed by atoms with Gasteiger partial charge in [0.15, 0.2) is 5.69 Å². The van der Waals surface area contributed by atoms with Crippen molar-refractivity contribution in [3.63, 3.8) is 0 Å². The van der Waals surface area contributed by atoms with E-state index in [1.54, 1.807) is 25.3 Å². The van der Waals surface area contributed by atoms with Gasteiger partial charge in [0, 0.05) is 7.05 Å². The van der Waals surface area contributed by atoms with E-state index in [0.717, 1.165) is 9.58 Å². The highest BCUT2D eigenvalue weighted by Gasteiger charge is 2.42. The molecule has 1 amide bonds. The third-order valence-electron chi connectivity index (χ3n) is 3.78. The van der Waals surface area contributed by atoms with Crippen LogP contribution in [0.15, 0.2) is 11.4 Å². The third-order valence-corrected chi connectivity index (χ3v) is 4.89. The van der Waals surface area contributed by atoms with Crippen LogP contribution in [0.1, 0.15) is 36.0 Å². The number of alkyl halides is 4. The smallest absolute Gasteiger partial charge is 0.435 e. The quantitative estimate of drug-likeness (QED) is 0.664. The zero-order valence-electron chi connectivity index (χ0n) is 14.7. The molecule has 0 spiro atoms. The second-order valence-corrected chi connectivity index (χ2v) is 7.15. The van der Waals surface area contributed by atoms with E-state index in [0.29, 0.717) is 10.6 Å². The molecule has 0 saturated carbocycles. The van der Waals surface area contributed by atoms with Crippen molar-refractivity contribution in [1.29, 1.82) is 0 Å². The summed E-state index contributed by atoms with van der Waals surface area (Å²) in [5, 5.41) is 5.76. The zero-order chi connectivity index (χ0) is 19.6. The summed E-state index contributed by atoms with van der Waals surface area (Å²) >= 11 is 6.98. The molecule has 26 heavy (non-hydrogen) atoms. The number of methoxy groups -OCH3 is 1. The number of halogens is 4. The summed E-state index contributed by atoms with van der Waals surface area (Å²) in [6, 6.07) is 1.70. The first kappa shape index (κ1) is 20.6. The van der Waals surface area contributed by atoms with Crippen molar-refractivity contribution >= 4 is 34.5 Å². The first-order chi connectivity index (χ1) is 12.1. The molecule has 2 aromatic heterocycles. The molecule has 0 aromatic carbocycles. The Morgan fingerprint density at radius 2 is 2.12 bits per heavy atom. The molecule has 0 aliphatic heterocycles. The van der Waals surface area contributed by atoms with Gasteiger partial charge in [-0.3, -0.25) is 9.48 Å². The fraction of sp³-hybridized carbons (Fsp3) is 0.500. The molecule has 0 N–H and O–H groups in total. The number of carbonyl (C=O) groups is 1. The molecule has 0 saturated heterocycles. The highest BCUT2D eigenvalue weighted by molar-refractivity contribution is 7.10. The van der Waals surface area contributed by atoms with Crippen LogP contribution < -0.4 is 9.64 Å². The standard InChI is InChI=1S/C16H19ClF3N3O2S/c1-9(2)13-14(15(16(18,19)20)22(3)21-13)23(12(24)7-17)8-11-10(25-4)5-6-26-11/h5-6,9H,7-8H2,1-4H3. The first-order valence-corrected chi connectivity index (χ1v) is 9.14. The lowest BCUT2D eigenvalue weighted by atomic mass is 10.1. The van der Waals surface area contributed by atoms with E-state index in [2.05, 4.69) is 5.10 Å². The van der Waals surface area contributed by atoms with Crippen LogP contribution in [0.3, 0.4) is 0 Å². The molecule has 2 heterocycles. The van der Waals surface area contributed by atoms with Gasteiger partial charge in [0.25, 0.3) is 0 Å². The van der Waals surface area contributed by atoms with Gasteiger partial charge in [-0.15, -0.1) is 22.9 Å². The molecule has 0 aliphatic rings. The van der Waals surface area contributed by atoms with Gasteiger partial charge in [-0.2, -0.15) is 18.3 Å². The Morgan fingerprint density at radius 1 is 1.46 bits per heavy atom. The van der Waals surface area contributed by atoms with Gasteiger partial charge in [-0.1, -0.05) is 13.8 Å². The van der Waals surface area contributed by atoms with Gasteiger partial charge in [-0.25, -0.2) is 0 Å². The molecule has 2 aromatic rings. The minimum atomic E-state index is -4.67. The second-order valence-electron chi connectivity index (χ2n) is 5.88.